The van der Waals surface area contributed by atoms with Gasteiger partial charge in [0.25, 0.3) is 5.91 Å². The first-order valence-electron chi connectivity index (χ1n) is 9.32. The first kappa shape index (κ1) is 20.3. The highest BCUT2D eigenvalue weighted by molar-refractivity contribution is 5.95. The second-order valence-electron chi connectivity index (χ2n) is 6.33. The van der Waals surface area contributed by atoms with Crippen molar-refractivity contribution in [2.24, 2.45) is 0 Å². The number of nitrogens with zero attached hydrogens (tertiary/aromatic N) is 2. The van der Waals surface area contributed by atoms with E-state index in [1.807, 2.05) is 36.5 Å². The van der Waals surface area contributed by atoms with Crippen molar-refractivity contribution in [2.45, 2.75) is 13.0 Å². The van der Waals surface area contributed by atoms with Gasteiger partial charge in [-0.3, -0.25) is 4.79 Å². The largest absolute Gasteiger partial charge is 0.493 e. The number of ether oxygens (including phenoxy) is 3. The third-order valence-electron chi connectivity index (χ3n) is 4.54. The van der Waals surface area contributed by atoms with Crippen molar-refractivity contribution in [3.05, 3.63) is 60.4 Å². The molecular weight excluding hydrogens is 370 g/mol. The Balaban J connectivity index is 1.60. The molecule has 29 heavy (non-hydrogen) atoms. The van der Waals surface area contributed by atoms with Gasteiger partial charge in [-0.05, 0) is 18.6 Å². The molecule has 7 nitrogen and oxygen atoms in total. The Labute approximate surface area is 170 Å². The highest BCUT2D eigenvalue weighted by Crippen LogP contribution is 2.38. The van der Waals surface area contributed by atoms with Crippen molar-refractivity contribution in [1.29, 1.82) is 0 Å². The number of rotatable bonds is 9. The van der Waals surface area contributed by atoms with Gasteiger partial charge in [0.05, 0.1) is 21.3 Å². The van der Waals surface area contributed by atoms with Gasteiger partial charge < -0.3 is 24.1 Å². The Hall–Kier alpha value is -3.48. The molecule has 2 aromatic carbocycles. The molecule has 1 aromatic heterocycles. The molecule has 3 aromatic rings. The second kappa shape index (κ2) is 9.64. The number of aromatic nitrogens is 2. The van der Waals surface area contributed by atoms with Crippen LogP contribution in [-0.4, -0.2) is 43.3 Å². The normalized spacial score (nSPS) is 10.4. The molecule has 0 aliphatic rings. The Morgan fingerprint density at radius 2 is 1.72 bits per heavy atom. The van der Waals surface area contributed by atoms with Gasteiger partial charge in [-0.1, -0.05) is 30.3 Å². The SMILES string of the molecule is COc1cc(C(=O)NCCCn2ccnc2-c2ccccc2)cc(OC)c1OC. The van der Waals surface area contributed by atoms with Crippen LogP contribution >= 0.6 is 0 Å². The zero-order chi connectivity index (χ0) is 20.6. The predicted molar refractivity (Wildman–Crippen MR) is 111 cm³/mol. The summed E-state index contributed by atoms with van der Waals surface area (Å²) in [5.41, 5.74) is 1.52. The third kappa shape index (κ3) is 4.68. The summed E-state index contributed by atoms with van der Waals surface area (Å²) < 4.78 is 18.0. The van der Waals surface area contributed by atoms with Crippen molar-refractivity contribution >= 4 is 5.91 Å². The number of aryl methyl sites for hydroxylation is 1. The molecule has 0 atom stereocenters. The Morgan fingerprint density at radius 3 is 2.34 bits per heavy atom. The lowest BCUT2D eigenvalue weighted by Gasteiger charge is -2.14. The van der Waals surface area contributed by atoms with Crippen molar-refractivity contribution in [2.75, 3.05) is 27.9 Å². The van der Waals surface area contributed by atoms with E-state index in [1.165, 1.54) is 21.3 Å². The number of imidazole rings is 1. The fourth-order valence-corrected chi connectivity index (χ4v) is 3.10. The van der Waals surface area contributed by atoms with Crippen LogP contribution in [0.15, 0.2) is 54.9 Å². The molecule has 0 spiro atoms. The number of amides is 1. The van der Waals surface area contributed by atoms with E-state index >= 15 is 0 Å². The summed E-state index contributed by atoms with van der Waals surface area (Å²) in [4.78, 5) is 17.0. The van der Waals surface area contributed by atoms with E-state index in [0.717, 1.165) is 24.4 Å². The number of carbonyl (C=O) groups is 1. The molecule has 0 aliphatic carbocycles. The number of hydrogen-bond donors (Lipinski definition) is 1. The summed E-state index contributed by atoms with van der Waals surface area (Å²) in [7, 11) is 4.57. The maximum absolute atomic E-state index is 12.5. The van der Waals surface area contributed by atoms with Crippen LogP contribution in [0, 0.1) is 0 Å². The molecule has 0 saturated heterocycles. The number of carbonyl (C=O) groups excluding carboxylic acids is 1. The zero-order valence-electron chi connectivity index (χ0n) is 16.8. The Morgan fingerprint density at radius 1 is 1.03 bits per heavy atom. The van der Waals surface area contributed by atoms with E-state index in [-0.39, 0.29) is 5.91 Å². The molecule has 0 unspecified atom stereocenters. The summed E-state index contributed by atoms with van der Waals surface area (Å²) in [6.45, 7) is 1.28. The summed E-state index contributed by atoms with van der Waals surface area (Å²) in [5.74, 6) is 2.07. The van der Waals surface area contributed by atoms with E-state index in [0.29, 0.717) is 29.4 Å². The molecule has 0 saturated carbocycles. The molecule has 3 rings (SSSR count). The minimum atomic E-state index is -0.196. The lowest BCUT2D eigenvalue weighted by Crippen LogP contribution is -2.25. The average molecular weight is 395 g/mol. The predicted octanol–water partition coefficient (Wildman–Crippen LogP) is 3.40. The van der Waals surface area contributed by atoms with Crippen molar-refractivity contribution in [3.8, 4) is 28.6 Å². The van der Waals surface area contributed by atoms with Gasteiger partial charge in [-0.2, -0.15) is 0 Å². The molecule has 1 amide bonds. The van der Waals surface area contributed by atoms with Gasteiger partial charge in [0.15, 0.2) is 11.5 Å². The third-order valence-corrected chi connectivity index (χ3v) is 4.54. The first-order chi connectivity index (χ1) is 14.2. The topological polar surface area (TPSA) is 74.6 Å². The van der Waals surface area contributed by atoms with Crippen LogP contribution in [0.4, 0.5) is 0 Å². The molecule has 0 aliphatic heterocycles. The molecule has 152 valence electrons. The van der Waals surface area contributed by atoms with Crippen molar-refractivity contribution in [1.82, 2.24) is 14.9 Å². The fourth-order valence-electron chi connectivity index (χ4n) is 3.10. The zero-order valence-corrected chi connectivity index (χ0v) is 16.8. The molecular formula is C22H25N3O4. The van der Waals surface area contributed by atoms with E-state index in [2.05, 4.69) is 14.9 Å². The lowest BCUT2D eigenvalue weighted by molar-refractivity contribution is 0.0952. The van der Waals surface area contributed by atoms with Crippen LogP contribution in [0.3, 0.4) is 0 Å². The minimum Gasteiger partial charge on any atom is -0.493 e. The summed E-state index contributed by atoms with van der Waals surface area (Å²) in [6, 6.07) is 13.3. The standard InChI is InChI=1S/C22H25N3O4/c1-27-18-14-17(15-19(28-2)20(18)29-3)22(26)24-10-7-12-25-13-11-23-21(25)16-8-5-4-6-9-16/h4-6,8-9,11,13-15H,7,10,12H2,1-3H3,(H,24,26). The van der Waals surface area contributed by atoms with E-state index in [9.17, 15) is 4.79 Å². The number of benzene rings is 2. The highest BCUT2D eigenvalue weighted by atomic mass is 16.5. The first-order valence-corrected chi connectivity index (χ1v) is 9.32. The maximum atomic E-state index is 12.5. The lowest BCUT2D eigenvalue weighted by atomic mass is 10.1. The molecule has 0 radical (unpaired) electrons. The maximum Gasteiger partial charge on any atom is 0.251 e. The quantitative estimate of drug-likeness (QED) is 0.562. The van der Waals surface area contributed by atoms with Crippen molar-refractivity contribution < 1.29 is 19.0 Å². The fraction of sp³-hybridized carbons (Fsp3) is 0.273. The van der Waals surface area contributed by atoms with E-state index < -0.39 is 0 Å². The molecule has 0 bridgehead atoms. The van der Waals surface area contributed by atoms with Crippen LogP contribution in [-0.2, 0) is 6.54 Å². The summed E-state index contributed by atoms with van der Waals surface area (Å²) in [5, 5.41) is 2.94. The van der Waals surface area contributed by atoms with Gasteiger partial charge in [0.2, 0.25) is 5.75 Å². The highest BCUT2D eigenvalue weighted by Gasteiger charge is 2.16. The van der Waals surface area contributed by atoms with Crippen LogP contribution in [0.25, 0.3) is 11.4 Å². The number of hydrogen-bond acceptors (Lipinski definition) is 5. The van der Waals surface area contributed by atoms with Crippen LogP contribution in [0.1, 0.15) is 16.8 Å². The van der Waals surface area contributed by atoms with E-state index in [1.54, 1.807) is 18.3 Å². The van der Waals surface area contributed by atoms with E-state index in [4.69, 9.17) is 14.2 Å². The monoisotopic (exact) mass is 395 g/mol. The van der Waals surface area contributed by atoms with Crippen molar-refractivity contribution in [3.63, 3.8) is 0 Å². The molecule has 0 fully saturated rings. The average Bonchev–Trinajstić information content (AvgIpc) is 3.24. The Kier molecular flexibility index (Phi) is 6.73. The molecule has 7 heteroatoms. The van der Waals surface area contributed by atoms with Gasteiger partial charge in [-0.15, -0.1) is 0 Å². The van der Waals surface area contributed by atoms with Crippen LogP contribution in [0.2, 0.25) is 0 Å². The van der Waals surface area contributed by atoms with Gasteiger partial charge in [-0.25, -0.2) is 4.98 Å². The van der Waals surface area contributed by atoms with Gasteiger partial charge in [0.1, 0.15) is 5.82 Å². The van der Waals surface area contributed by atoms with Gasteiger partial charge in [0, 0.05) is 36.6 Å². The molecule has 1 heterocycles. The summed E-state index contributed by atoms with van der Waals surface area (Å²) >= 11 is 0. The van der Waals surface area contributed by atoms with Crippen LogP contribution in [0.5, 0.6) is 17.2 Å². The molecule has 1 N–H and O–H groups in total. The number of methoxy groups -OCH3 is 3. The smallest absolute Gasteiger partial charge is 0.251 e. The van der Waals surface area contributed by atoms with Gasteiger partial charge >= 0.3 is 0 Å². The second-order valence-corrected chi connectivity index (χ2v) is 6.33. The Bertz CT molecular complexity index is 929. The number of nitrogens with one attached hydrogen (secondary N) is 1. The summed E-state index contributed by atoms with van der Waals surface area (Å²) in [6.07, 6.45) is 4.51. The van der Waals surface area contributed by atoms with Crippen LogP contribution < -0.4 is 19.5 Å². The minimum absolute atomic E-state index is 0.196.